The zero-order valence-electron chi connectivity index (χ0n) is 13.3. The van der Waals surface area contributed by atoms with Crippen LogP contribution in [0.5, 0.6) is 0 Å². The van der Waals surface area contributed by atoms with E-state index in [0.29, 0.717) is 25.7 Å². The molecule has 0 unspecified atom stereocenters. The topological polar surface area (TPSA) is 58.6 Å². The molecule has 0 atom stereocenters. The van der Waals surface area contributed by atoms with Crippen LogP contribution >= 0.6 is 0 Å². The van der Waals surface area contributed by atoms with Gasteiger partial charge in [0.15, 0.2) is 0 Å². The van der Waals surface area contributed by atoms with Crippen molar-refractivity contribution in [2.24, 2.45) is 0 Å². The molecule has 1 aliphatic carbocycles. The van der Waals surface area contributed by atoms with Crippen molar-refractivity contribution in [1.82, 2.24) is 10.2 Å². The molecule has 5 nitrogen and oxygen atoms in total. The summed E-state index contributed by atoms with van der Waals surface area (Å²) in [6.45, 7) is 5.25. The van der Waals surface area contributed by atoms with Crippen LogP contribution in [0.25, 0.3) is 0 Å². The second-order valence-electron chi connectivity index (χ2n) is 6.57. The summed E-state index contributed by atoms with van der Waals surface area (Å²) >= 11 is 0. The number of alkyl carbamates (subject to hydrolysis) is 1. The summed E-state index contributed by atoms with van der Waals surface area (Å²) in [5, 5.41) is 2.71. The summed E-state index contributed by atoms with van der Waals surface area (Å²) in [5.74, 6) is -1.82. The van der Waals surface area contributed by atoms with Crippen molar-refractivity contribution in [3.05, 3.63) is 0 Å². The first-order valence-corrected chi connectivity index (χ1v) is 7.23. The maximum Gasteiger partial charge on any atom is 0.471 e. The third-order valence-corrected chi connectivity index (χ3v) is 3.53. The van der Waals surface area contributed by atoms with Gasteiger partial charge in [-0.1, -0.05) is 0 Å². The Morgan fingerprint density at radius 1 is 1.09 bits per heavy atom. The second kappa shape index (κ2) is 6.75. The number of hydrogen-bond donors (Lipinski definition) is 1. The zero-order chi connectivity index (χ0) is 17.1. The van der Waals surface area contributed by atoms with Gasteiger partial charge >= 0.3 is 18.2 Å². The fourth-order valence-corrected chi connectivity index (χ4v) is 2.45. The highest BCUT2D eigenvalue weighted by atomic mass is 19.4. The van der Waals surface area contributed by atoms with Crippen LogP contribution in [0.1, 0.15) is 46.5 Å². The maximum atomic E-state index is 12.4. The van der Waals surface area contributed by atoms with Crippen molar-refractivity contribution in [3.63, 3.8) is 0 Å². The van der Waals surface area contributed by atoms with Gasteiger partial charge in [-0.15, -0.1) is 0 Å². The number of carbonyl (C=O) groups excluding carboxylic acids is 2. The summed E-state index contributed by atoms with van der Waals surface area (Å²) in [6.07, 6.45) is -3.52. The Balaban J connectivity index is 2.44. The summed E-state index contributed by atoms with van der Waals surface area (Å²) in [5.41, 5.74) is -0.597. The normalized spacial score (nSPS) is 22.9. The quantitative estimate of drug-likeness (QED) is 0.850. The van der Waals surface area contributed by atoms with E-state index in [4.69, 9.17) is 4.74 Å². The Morgan fingerprint density at radius 3 is 2.00 bits per heavy atom. The summed E-state index contributed by atoms with van der Waals surface area (Å²) in [4.78, 5) is 23.6. The molecule has 0 radical (unpaired) electrons. The van der Waals surface area contributed by atoms with Gasteiger partial charge in [-0.25, -0.2) is 4.79 Å². The van der Waals surface area contributed by atoms with Crippen LogP contribution in [-0.2, 0) is 9.53 Å². The molecule has 0 aromatic heterocycles. The molecule has 0 aromatic carbocycles. The molecule has 1 rings (SSSR count). The van der Waals surface area contributed by atoms with Gasteiger partial charge in [0.1, 0.15) is 5.60 Å². The molecule has 0 aliphatic heterocycles. The summed E-state index contributed by atoms with van der Waals surface area (Å²) < 4.78 is 42.3. The fourth-order valence-electron chi connectivity index (χ4n) is 2.45. The van der Waals surface area contributed by atoms with E-state index in [1.54, 1.807) is 20.8 Å². The highest BCUT2D eigenvalue weighted by Gasteiger charge is 2.43. The molecule has 22 heavy (non-hydrogen) atoms. The van der Waals surface area contributed by atoms with Crippen molar-refractivity contribution in [3.8, 4) is 0 Å². The Kier molecular flexibility index (Phi) is 5.70. The number of amides is 2. The molecule has 128 valence electrons. The van der Waals surface area contributed by atoms with Crippen LogP contribution in [-0.4, -0.2) is 47.8 Å². The molecule has 0 bridgehead atoms. The van der Waals surface area contributed by atoms with E-state index in [0.717, 1.165) is 4.90 Å². The molecule has 8 heteroatoms. The Labute approximate surface area is 128 Å². The number of carbonyl (C=O) groups is 2. The third-order valence-electron chi connectivity index (χ3n) is 3.53. The molecular weight excluding hydrogens is 301 g/mol. The standard InChI is InChI=1S/C14H23F3N2O3/c1-13(2,3)22-12(21)18-9-5-7-10(8-6-9)19(4)11(20)14(15,16)17/h9-10H,5-8H2,1-4H3,(H,18,21). The van der Waals surface area contributed by atoms with E-state index >= 15 is 0 Å². The largest absolute Gasteiger partial charge is 0.471 e. The van der Waals surface area contributed by atoms with Crippen molar-refractivity contribution in [2.75, 3.05) is 7.05 Å². The van der Waals surface area contributed by atoms with Gasteiger partial charge in [0.05, 0.1) is 0 Å². The summed E-state index contributed by atoms with van der Waals surface area (Å²) in [6, 6.07) is -0.591. The lowest BCUT2D eigenvalue weighted by atomic mass is 9.90. The number of rotatable bonds is 2. The predicted molar refractivity (Wildman–Crippen MR) is 74.2 cm³/mol. The first kappa shape index (κ1) is 18.6. The lowest BCUT2D eigenvalue weighted by Gasteiger charge is -2.35. The van der Waals surface area contributed by atoms with Crippen LogP contribution < -0.4 is 5.32 Å². The molecule has 0 saturated heterocycles. The van der Waals surface area contributed by atoms with E-state index in [1.807, 2.05) is 0 Å². The van der Waals surface area contributed by atoms with Crippen molar-refractivity contribution < 1.29 is 27.5 Å². The van der Waals surface area contributed by atoms with Crippen LogP contribution in [0.15, 0.2) is 0 Å². The second-order valence-corrected chi connectivity index (χ2v) is 6.57. The van der Waals surface area contributed by atoms with E-state index in [2.05, 4.69) is 5.32 Å². The fraction of sp³-hybridized carbons (Fsp3) is 0.857. The Bertz CT molecular complexity index is 411. The minimum absolute atomic E-state index is 0.138. The highest BCUT2D eigenvalue weighted by molar-refractivity contribution is 5.81. The SMILES string of the molecule is CN(C(=O)C(F)(F)F)C1CCC(NC(=O)OC(C)(C)C)CC1. The summed E-state index contributed by atoms with van der Waals surface area (Å²) in [7, 11) is 1.17. The predicted octanol–water partition coefficient (Wildman–Crippen LogP) is 2.84. The smallest absolute Gasteiger partial charge is 0.444 e. The average Bonchev–Trinajstić information content (AvgIpc) is 2.34. The van der Waals surface area contributed by atoms with Crippen LogP contribution in [0.4, 0.5) is 18.0 Å². The Morgan fingerprint density at radius 2 is 1.59 bits per heavy atom. The molecule has 0 spiro atoms. The average molecular weight is 324 g/mol. The van der Waals surface area contributed by atoms with E-state index in [9.17, 15) is 22.8 Å². The molecule has 1 saturated carbocycles. The van der Waals surface area contributed by atoms with Gasteiger partial charge in [-0.05, 0) is 46.5 Å². The van der Waals surface area contributed by atoms with E-state index in [1.165, 1.54) is 7.05 Å². The molecule has 1 fully saturated rings. The van der Waals surface area contributed by atoms with Crippen molar-refractivity contribution in [2.45, 2.75) is 70.3 Å². The molecule has 0 aromatic rings. The van der Waals surface area contributed by atoms with Gasteiger partial charge in [0.25, 0.3) is 0 Å². The Hall–Kier alpha value is -1.47. The minimum atomic E-state index is -4.85. The van der Waals surface area contributed by atoms with Gasteiger partial charge < -0.3 is 15.0 Å². The van der Waals surface area contributed by atoms with Gasteiger partial charge in [-0.2, -0.15) is 13.2 Å². The molecular formula is C14H23F3N2O3. The van der Waals surface area contributed by atoms with Crippen LogP contribution in [0.2, 0.25) is 0 Å². The van der Waals surface area contributed by atoms with E-state index in [-0.39, 0.29) is 6.04 Å². The van der Waals surface area contributed by atoms with Gasteiger partial charge in [-0.3, -0.25) is 4.79 Å². The maximum absolute atomic E-state index is 12.4. The van der Waals surface area contributed by atoms with Gasteiger partial charge in [0.2, 0.25) is 0 Å². The van der Waals surface area contributed by atoms with E-state index < -0.39 is 29.8 Å². The van der Waals surface area contributed by atoms with Crippen molar-refractivity contribution in [1.29, 1.82) is 0 Å². The highest BCUT2D eigenvalue weighted by Crippen LogP contribution is 2.26. The molecule has 0 heterocycles. The number of nitrogens with zero attached hydrogens (tertiary/aromatic N) is 1. The molecule has 1 N–H and O–H groups in total. The number of ether oxygens (including phenoxy) is 1. The van der Waals surface area contributed by atoms with Crippen LogP contribution in [0.3, 0.4) is 0 Å². The first-order valence-electron chi connectivity index (χ1n) is 7.23. The lowest BCUT2D eigenvalue weighted by Crippen LogP contribution is -2.48. The number of halogens is 3. The zero-order valence-corrected chi connectivity index (χ0v) is 13.3. The lowest BCUT2D eigenvalue weighted by molar-refractivity contribution is -0.186. The number of alkyl halides is 3. The minimum Gasteiger partial charge on any atom is -0.444 e. The first-order chi connectivity index (χ1) is 9.90. The van der Waals surface area contributed by atoms with Crippen LogP contribution in [0, 0.1) is 0 Å². The van der Waals surface area contributed by atoms with Crippen molar-refractivity contribution >= 4 is 12.0 Å². The third kappa shape index (κ3) is 5.73. The molecule has 2 amide bonds. The monoisotopic (exact) mass is 324 g/mol. The number of nitrogens with one attached hydrogen (secondary N) is 1. The number of hydrogen-bond acceptors (Lipinski definition) is 3. The molecule has 1 aliphatic rings. The van der Waals surface area contributed by atoms with Gasteiger partial charge in [0, 0.05) is 19.1 Å².